The molecule has 0 saturated carbocycles. The van der Waals surface area contributed by atoms with E-state index in [9.17, 15) is 9.59 Å². The van der Waals surface area contributed by atoms with Gasteiger partial charge in [0, 0.05) is 55.4 Å². The summed E-state index contributed by atoms with van der Waals surface area (Å²) in [6.07, 6.45) is 0.687. The minimum atomic E-state index is -0.543. The quantitative estimate of drug-likeness (QED) is 0.355. The molecule has 2 aliphatic rings. The number of carbonyl (C=O) groups excluding carboxylic acids is 2. The van der Waals surface area contributed by atoms with Crippen LogP contribution in [0.3, 0.4) is 0 Å². The van der Waals surface area contributed by atoms with Gasteiger partial charge in [0.1, 0.15) is 5.75 Å². The number of nitrogens with zero attached hydrogens (tertiary/aromatic N) is 3. The Kier molecular flexibility index (Phi) is 8.97. The smallest absolute Gasteiger partial charge is 0.228 e. The van der Waals surface area contributed by atoms with Crippen molar-refractivity contribution in [2.24, 2.45) is 5.92 Å². The molecule has 2 fully saturated rings. The Bertz CT molecular complexity index is 1400. The van der Waals surface area contributed by atoms with Crippen LogP contribution in [0.1, 0.15) is 24.4 Å². The second-order valence-corrected chi connectivity index (χ2v) is 10.7. The minimum Gasteiger partial charge on any atom is -0.497 e. The van der Waals surface area contributed by atoms with Crippen molar-refractivity contribution >= 4 is 34.8 Å². The molecule has 222 valence electrons. The fourth-order valence-electron chi connectivity index (χ4n) is 5.94. The average Bonchev–Trinajstić information content (AvgIpc) is 3.03. The molecule has 9 nitrogen and oxygen atoms in total. The summed E-state index contributed by atoms with van der Waals surface area (Å²) in [6, 6.07) is 18.3. The van der Waals surface area contributed by atoms with Crippen molar-refractivity contribution in [3.05, 3.63) is 71.2 Å². The van der Waals surface area contributed by atoms with Crippen molar-refractivity contribution in [1.82, 2.24) is 4.90 Å². The van der Waals surface area contributed by atoms with E-state index in [2.05, 4.69) is 4.90 Å². The SMILES string of the molecule is COc1ccc([C@H]2[C@@H](C(=O)N3CCN(c4cccc(Cl)c4)CC3)CCC(=O)N2c2cc(OC)c(OC)c(OC)c2)cc1. The van der Waals surface area contributed by atoms with Crippen LogP contribution in [0.5, 0.6) is 23.0 Å². The topological polar surface area (TPSA) is 80.8 Å². The summed E-state index contributed by atoms with van der Waals surface area (Å²) < 4.78 is 22.1. The van der Waals surface area contributed by atoms with Gasteiger partial charge in [-0.3, -0.25) is 9.59 Å². The molecule has 0 spiro atoms. The number of halogens is 1. The maximum atomic E-state index is 14.2. The first-order chi connectivity index (χ1) is 20.4. The predicted molar refractivity (Wildman–Crippen MR) is 162 cm³/mol. The highest BCUT2D eigenvalue weighted by Crippen LogP contribution is 2.46. The van der Waals surface area contributed by atoms with Crippen LogP contribution in [0, 0.1) is 5.92 Å². The number of piperidine rings is 1. The Morgan fingerprint density at radius 1 is 0.810 bits per heavy atom. The van der Waals surface area contributed by atoms with Crippen molar-refractivity contribution < 1.29 is 28.5 Å². The Labute approximate surface area is 251 Å². The van der Waals surface area contributed by atoms with Crippen LogP contribution in [0.15, 0.2) is 60.7 Å². The zero-order valence-corrected chi connectivity index (χ0v) is 25.1. The van der Waals surface area contributed by atoms with E-state index < -0.39 is 12.0 Å². The molecule has 5 rings (SSSR count). The Morgan fingerprint density at radius 2 is 1.48 bits per heavy atom. The van der Waals surface area contributed by atoms with Crippen LogP contribution in [0.25, 0.3) is 0 Å². The zero-order chi connectivity index (χ0) is 29.8. The van der Waals surface area contributed by atoms with Crippen molar-refractivity contribution in [2.75, 3.05) is 64.4 Å². The molecule has 2 amide bonds. The Morgan fingerprint density at radius 3 is 2.05 bits per heavy atom. The van der Waals surface area contributed by atoms with E-state index >= 15 is 0 Å². The third kappa shape index (κ3) is 5.79. The molecule has 0 N–H and O–H groups in total. The molecule has 3 aromatic rings. The molecule has 42 heavy (non-hydrogen) atoms. The minimum absolute atomic E-state index is 0.0338. The van der Waals surface area contributed by atoms with Crippen molar-refractivity contribution in [2.45, 2.75) is 18.9 Å². The highest BCUT2D eigenvalue weighted by atomic mass is 35.5. The van der Waals surface area contributed by atoms with Gasteiger partial charge in [-0.15, -0.1) is 0 Å². The number of piperazine rings is 1. The molecular formula is C32H36ClN3O6. The van der Waals surface area contributed by atoms with E-state index in [1.807, 2.05) is 53.4 Å². The first kappa shape index (κ1) is 29.4. The summed E-state index contributed by atoms with van der Waals surface area (Å²) in [6.45, 7) is 2.55. The Hall–Kier alpha value is -4.11. The monoisotopic (exact) mass is 593 g/mol. The van der Waals surface area contributed by atoms with Gasteiger partial charge in [-0.1, -0.05) is 29.8 Å². The highest BCUT2D eigenvalue weighted by molar-refractivity contribution is 6.30. The summed E-state index contributed by atoms with van der Waals surface area (Å²) in [5, 5.41) is 0.687. The van der Waals surface area contributed by atoms with Gasteiger partial charge in [0.2, 0.25) is 17.6 Å². The van der Waals surface area contributed by atoms with E-state index in [0.29, 0.717) is 66.3 Å². The summed E-state index contributed by atoms with van der Waals surface area (Å²) in [5.74, 6) is 1.48. The summed E-state index contributed by atoms with van der Waals surface area (Å²) in [4.78, 5) is 33.8. The molecule has 2 heterocycles. The van der Waals surface area contributed by atoms with E-state index in [4.69, 9.17) is 30.5 Å². The summed E-state index contributed by atoms with van der Waals surface area (Å²) in [7, 11) is 6.22. The molecule has 2 aliphatic heterocycles. The number of rotatable bonds is 8. The number of anilines is 2. The molecule has 3 aromatic carbocycles. The number of hydrogen-bond donors (Lipinski definition) is 0. The van der Waals surface area contributed by atoms with Crippen LogP contribution in [0.4, 0.5) is 11.4 Å². The van der Waals surface area contributed by atoms with Gasteiger partial charge in [0.05, 0.1) is 46.1 Å². The first-order valence-electron chi connectivity index (χ1n) is 13.9. The predicted octanol–water partition coefficient (Wildman–Crippen LogP) is 5.21. The maximum Gasteiger partial charge on any atom is 0.228 e. The lowest BCUT2D eigenvalue weighted by atomic mass is 9.82. The second kappa shape index (κ2) is 12.8. The molecule has 10 heteroatoms. The number of methoxy groups -OCH3 is 4. The fourth-order valence-corrected chi connectivity index (χ4v) is 6.12. The van der Waals surface area contributed by atoms with E-state index in [1.165, 1.54) is 21.3 Å². The average molecular weight is 594 g/mol. The van der Waals surface area contributed by atoms with Crippen molar-refractivity contribution in [1.29, 1.82) is 0 Å². The van der Waals surface area contributed by atoms with Gasteiger partial charge in [-0.2, -0.15) is 0 Å². The van der Waals surface area contributed by atoms with E-state index in [0.717, 1.165) is 11.3 Å². The van der Waals surface area contributed by atoms with Crippen LogP contribution in [-0.4, -0.2) is 71.3 Å². The molecule has 2 saturated heterocycles. The molecule has 0 radical (unpaired) electrons. The lowest BCUT2D eigenvalue weighted by molar-refractivity contribution is -0.138. The van der Waals surface area contributed by atoms with Crippen molar-refractivity contribution in [3.8, 4) is 23.0 Å². The normalized spacial score (nSPS) is 19.0. The molecular weight excluding hydrogens is 558 g/mol. The van der Waals surface area contributed by atoms with Crippen LogP contribution in [0.2, 0.25) is 5.02 Å². The van der Waals surface area contributed by atoms with Gasteiger partial charge in [-0.25, -0.2) is 0 Å². The third-order valence-corrected chi connectivity index (χ3v) is 8.30. The molecule has 0 unspecified atom stereocenters. The first-order valence-corrected chi connectivity index (χ1v) is 14.3. The number of ether oxygens (including phenoxy) is 4. The van der Waals surface area contributed by atoms with E-state index in [1.54, 1.807) is 24.1 Å². The van der Waals surface area contributed by atoms with Gasteiger partial charge in [-0.05, 0) is 42.3 Å². The lowest BCUT2D eigenvalue weighted by Gasteiger charge is -2.44. The summed E-state index contributed by atoms with van der Waals surface area (Å²) in [5.41, 5.74) is 2.45. The second-order valence-electron chi connectivity index (χ2n) is 10.3. The number of benzene rings is 3. The Balaban J connectivity index is 1.49. The number of carbonyl (C=O) groups is 2. The zero-order valence-electron chi connectivity index (χ0n) is 24.3. The lowest BCUT2D eigenvalue weighted by Crippen LogP contribution is -2.54. The van der Waals surface area contributed by atoms with E-state index in [-0.39, 0.29) is 18.2 Å². The maximum absolute atomic E-state index is 14.2. The number of amides is 2. The van der Waals surface area contributed by atoms with Crippen LogP contribution >= 0.6 is 11.6 Å². The fraction of sp³-hybridized carbons (Fsp3) is 0.375. The largest absolute Gasteiger partial charge is 0.497 e. The van der Waals surface area contributed by atoms with Crippen molar-refractivity contribution in [3.63, 3.8) is 0 Å². The molecule has 2 atom stereocenters. The molecule has 0 aliphatic carbocycles. The molecule has 0 aromatic heterocycles. The van der Waals surface area contributed by atoms with Gasteiger partial charge in [0.15, 0.2) is 11.5 Å². The van der Waals surface area contributed by atoms with Gasteiger partial charge in [0.25, 0.3) is 0 Å². The number of hydrogen-bond acceptors (Lipinski definition) is 7. The van der Waals surface area contributed by atoms with Gasteiger partial charge < -0.3 is 33.6 Å². The summed E-state index contributed by atoms with van der Waals surface area (Å²) >= 11 is 6.22. The molecule has 0 bridgehead atoms. The highest BCUT2D eigenvalue weighted by Gasteiger charge is 2.44. The van der Waals surface area contributed by atoms with Crippen LogP contribution < -0.4 is 28.7 Å². The van der Waals surface area contributed by atoms with Crippen LogP contribution in [-0.2, 0) is 9.59 Å². The standard InChI is InChI=1S/C32H36ClN3O6/c1-39-25-10-8-21(9-11-25)30-26(32(38)35-16-14-34(15-17-35)23-7-5-6-22(33)18-23)12-13-29(37)36(30)24-19-27(40-2)31(42-4)28(20-24)41-3/h5-11,18-20,26,30H,12-17H2,1-4H3/t26-,30-/m0/s1. The van der Waals surface area contributed by atoms with Gasteiger partial charge >= 0.3 is 0 Å². The third-order valence-electron chi connectivity index (χ3n) is 8.06.